The highest BCUT2D eigenvalue weighted by Gasteiger charge is 2.27. The Morgan fingerprint density at radius 2 is 1.82 bits per heavy atom. The summed E-state index contributed by atoms with van der Waals surface area (Å²) in [6.45, 7) is -0.132. The van der Waals surface area contributed by atoms with Crippen molar-refractivity contribution in [2.24, 2.45) is 11.5 Å². The van der Waals surface area contributed by atoms with Crippen molar-refractivity contribution in [2.75, 3.05) is 6.61 Å². The second-order valence-electron chi connectivity index (χ2n) is 6.80. The first-order valence-corrected chi connectivity index (χ1v) is 9.70. The van der Waals surface area contributed by atoms with Crippen molar-refractivity contribution in [2.45, 2.75) is 44.9 Å². The summed E-state index contributed by atoms with van der Waals surface area (Å²) in [5, 5.41) is 33.0. The van der Waals surface area contributed by atoms with Crippen LogP contribution in [0.2, 0.25) is 0 Å². The molecule has 0 fully saturated rings. The molecule has 2 rings (SSSR count). The number of allylic oxidation sites excluding steroid dienone is 3. The minimum atomic E-state index is -1.51. The summed E-state index contributed by atoms with van der Waals surface area (Å²) in [7, 11) is 0. The molecule has 1 aliphatic heterocycles. The van der Waals surface area contributed by atoms with Gasteiger partial charge in [-0.05, 0) is 42.5 Å². The molecule has 0 saturated heterocycles. The number of fused-ring (bicyclic) bond motifs is 2. The number of aliphatic carboxylic acids is 1. The molecule has 0 radical (unpaired) electrons. The van der Waals surface area contributed by atoms with Crippen LogP contribution in [0.25, 0.3) is 5.57 Å². The van der Waals surface area contributed by atoms with E-state index in [-0.39, 0.29) is 31.8 Å². The van der Waals surface area contributed by atoms with E-state index < -0.39 is 36.0 Å². The van der Waals surface area contributed by atoms with Crippen LogP contribution in [0.15, 0.2) is 36.4 Å². The lowest BCUT2D eigenvalue weighted by Gasteiger charge is -2.21. The van der Waals surface area contributed by atoms with Crippen molar-refractivity contribution < 1.29 is 29.7 Å². The fourth-order valence-corrected chi connectivity index (χ4v) is 3.00. The molecular formula is C23H32N4O6. The fourth-order valence-electron chi connectivity index (χ4n) is 3.00. The van der Waals surface area contributed by atoms with Crippen molar-refractivity contribution in [3.05, 3.63) is 47.6 Å². The number of rotatable bonds is 4. The molecule has 180 valence electrons. The van der Waals surface area contributed by atoms with Crippen molar-refractivity contribution in [1.82, 2.24) is 10.6 Å². The van der Waals surface area contributed by atoms with E-state index in [1.54, 1.807) is 30.4 Å². The summed E-state index contributed by atoms with van der Waals surface area (Å²) in [6.07, 6.45) is 12.4. The van der Waals surface area contributed by atoms with E-state index in [2.05, 4.69) is 23.5 Å². The van der Waals surface area contributed by atoms with Crippen LogP contribution in [0, 0.1) is 12.8 Å². The number of phenols is 1. The summed E-state index contributed by atoms with van der Waals surface area (Å²) < 4.78 is 0. The number of carboxylic acid groups (broad SMARTS) is 1. The second kappa shape index (κ2) is 14.4. The van der Waals surface area contributed by atoms with Crippen LogP contribution in [0.1, 0.15) is 43.9 Å². The Labute approximate surface area is 193 Å². The third-order valence-corrected chi connectivity index (χ3v) is 4.67. The number of hydrogen-bond donors (Lipinski definition) is 7. The van der Waals surface area contributed by atoms with E-state index in [9.17, 15) is 24.6 Å². The lowest BCUT2D eigenvalue weighted by molar-refractivity contribution is -0.142. The molecule has 0 saturated carbocycles. The van der Waals surface area contributed by atoms with E-state index in [0.717, 1.165) is 5.57 Å². The molecule has 1 aliphatic rings. The SMILES string of the molecule is C.C#C.NC1NC(=O)C(N)c2cc(ccc2O)/C(C/C=C\CO)=C/CCC(C(=O)O)NC1=O. The lowest BCUT2D eigenvalue weighted by Crippen LogP contribution is -2.57. The van der Waals surface area contributed by atoms with Gasteiger partial charge < -0.3 is 37.4 Å². The maximum Gasteiger partial charge on any atom is 0.326 e. The minimum Gasteiger partial charge on any atom is -0.508 e. The molecule has 3 atom stereocenters. The first kappa shape index (κ1) is 29.4. The van der Waals surface area contributed by atoms with Crippen LogP contribution in [-0.2, 0) is 14.4 Å². The first-order chi connectivity index (χ1) is 15.2. The summed E-state index contributed by atoms with van der Waals surface area (Å²) in [5.74, 6) is -3.09. The highest BCUT2D eigenvalue weighted by Crippen LogP contribution is 2.29. The number of hydrogen-bond acceptors (Lipinski definition) is 7. The zero-order chi connectivity index (χ0) is 24.3. The molecule has 10 nitrogen and oxygen atoms in total. The van der Waals surface area contributed by atoms with Crippen LogP contribution >= 0.6 is 0 Å². The Balaban J connectivity index is 0.00000332. The molecule has 0 aliphatic carbocycles. The van der Waals surface area contributed by atoms with Crippen molar-refractivity contribution in [3.63, 3.8) is 0 Å². The molecule has 1 aromatic carbocycles. The molecule has 3 unspecified atom stereocenters. The third kappa shape index (κ3) is 8.42. The molecule has 0 aromatic heterocycles. The summed E-state index contributed by atoms with van der Waals surface area (Å²) in [4.78, 5) is 36.1. The molecule has 10 heteroatoms. The number of carbonyl (C=O) groups excluding carboxylic acids is 2. The van der Waals surface area contributed by atoms with Crippen molar-refractivity contribution >= 4 is 23.4 Å². The molecule has 2 bridgehead atoms. The number of amides is 2. The van der Waals surface area contributed by atoms with Gasteiger partial charge >= 0.3 is 5.97 Å². The maximum atomic E-state index is 12.4. The number of benzene rings is 1. The van der Waals surface area contributed by atoms with Gasteiger partial charge in [0.15, 0.2) is 6.17 Å². The fraction of sp³-hybridized carbons (Fsp3) is 0.348. The van der Waals surface area contributed by atoms with Gasteiger partial charge in [-0.2, -0.15) is 0 Å². The number of aliphatic hydroxyl groups is 1. The number of phenolic OH excluding ortho intramolecular Hbond substituents is 1. The Morgan fingerprint density at radius 3 is 2.42 bits per heavy atom. The Morgan fingerprint density at radius 1 is 1.15 bits per heavy atom. The van der Waals surface area contributed by atoms with Crippen LogP contribution in [0.3, 0.4) is 0 Å². The standard InChI is InChI=1S/C20H26N4O6.C2H2.CH4/c21-16-13-10-12(7-8-15(13)26)11(4-1-2-9-25)5-3-6-14(20(29)30)23-19(28)17(22)24-18(16)27;1-2;/h1-2,5,7-8,10,14,16-17,25-26H,3-4,6,9,21-22H2,(H,23,28)(H,24,27)(H,29,30);1-2H;1H4/b2-1-,11-5+;;. The van der Waals surface area contributed by atoms with Gasteiger partial charge in [-0.1, -0.05) is 31.7 Å². The van der Waals surface area contributed by atoms with E-state index in [1.807, 2.05) is 0 Å². The number of nitrogens with one attached hydrogen (secondary N) is 2. The molecule has 0 spiro atoms. The van der Waals surface area contributed by atoms with E-state index in [1.165, 1.54) is 6.07 Å². The van der Waals surface area contributed by atoms with E-state index in [0.29, 0.717) is 18.4 Å². The van der Waals surface area contributed by atoms with Gasteiger partial charge in [0.1, 0.15) is 17.8 Å². The Hall–Kier alpha value is -3.65. The van der Waals surface area contributed by atoms with Gasteiger partial charge in [-0.15, -0.1) is 12.8 Å². The van der Waals surface area contributed by atoms with Crippen LogP contribution in [0.5, 0.6) is 5.75 Å². The van der Waals surface area contributed by atoms with Gasteiger partial charge in [0.25, 0.3) is 5.91 Å². The second-order valence-corrected chi connectivity index (χ2v) is 6.80. The highest BCUT2D eigenvalue weighted by molar-refractivity contribution is 5.92. The summed E-state index contributed by atoms with van der Waals surface area (Å²) in [5.41, 5.74) is 13.2. The normalized spacial score (nSPS) is 22.8. The maximum absolute atomic E-state index is 12.4. The van der Waals surface area contributed by atoms with Crippen LogP contribution < -0.4 is 22.1 Å². The Kier molecular flexibility index (Phi) is 12.8. The van der Waals surface area contributed by atoms with Crippen LogP contribution in [0.4, 0.5) is 0 Å². The lowest BCUT2D eigenvalue weighted by atomic mass is 9.95. The average molecular weight is 461 g/mol. The minimum absolute atomic E-state index is 0. The van der Waals surface area contributed by atoms with Crippen molar-refractivity contribution in [3.8, 4) is 18.6 Å². The topological polar surface area (TPSA) is 188 Å². The van der Waals surface area contributed by atoms with Crippen LogP contribution in [-0.4, -0.2) is 51.9 Å². The predicted molar refractivity (Wildman–Crippen MR) is 125 cm³/mol. The van der Waals surface area contributed by atoms with Gasteiger partial charge in [-0.25, -0.2) is 4.79 Å². The number of aliphatic hydroxyl groups excluding tert-OH is 1. The zero-order valence-corrected chi connectivity index (χ0v) is 17.4. The van der Waals surface area contributed by atoms with Gasteiger partial charge in [0.2, 0.25) is 5.91 Å². The van der Waals surface area contributed by atoms with Gasteiger partial charge in [0, 0.05) is 5.56 Å². The summed E-state index contributed by atoms with van der Waals surface area (Å²) >= 11 is 0. The molecule has 33 heavy (non-hydrogen) atoms. The number of nitrogens with two attached hydrogens (primary N) is 2. The first-order valence-electron chi connectivity index (χ1n) is 9.70. The molecule has 2 amide bonds. The highest BCUT2D eigenvalue weighted by atomic mass is 16.4. The smallest absolute Gasteiger partial charge is 0.326 e. The molecule has 9 N–H and O–H groups in total. The third-order valence-electron chi connectivity index (χ3n) is 4.67. The molecular weight excluding hydrogens is 428 g/mol. The molecule has 1 aromatic rings. The number of terminal acetylenes is 1. The predicted octanol–water partition coefficient (Wildman–Crippen LogP) is 0.364. The largest absolute Gasteiger partial charge is 0.508 e. The Bertz CT molecular complexity index is 909. The van der Waals surface area contributed by atoms with Gasteiger partial charge in [-0.3, -0.25) is 9.59 Å². The van der Waals surface area contributed by atoms with Gasteiger partial charge in [0.05, 0.1) is 6.61 Å². The molecule has 1 heterocycles. The number of aromatic hydroxyl groups is 1. The van der Waals surface area contributed by atoms with E-state index >= 15 is 0 Å². The summed E-state index contributed by atoms with van der Waals surface area (Å²) in [6, 6.07) is 2.11. The zero-order valence-electron chi connectivity index (χ0n) is 17.4. The number of carboxylic acids is 1. The quantitative estimate of drug-likeness (QED) is 0.248. The monoisotopic (exact) mass is 460 g/mol. The average Bonchev–Trinajstić information content (AvgIpc) is 2.77. The van der Waals surface area contributed by atoms with E-state index in [4.69, 9.17) is 16.6 Å². The number of carbonyl (C=O) groups is 3. The van der Waals surface area contributed by atoms with Crippen molar-refractivity contribution in [1.29, 1.82) is 0 Å².